The highest BCUT2D eigenvalue weighted by atomic mass is 19.4. The van der Waals surface area contributed by atoms with Gasteiger partial charge >= 0.3 is 6.18 Å². The maximum absolute atomic E-state index is 12.2. The second-order valence-electron chi connectivity index (χ2n) is 5.09. The molecule has 0 atom stereocenters. The number of Topliss-reactive ketones (excluding diaryl/α,β-unsaturated/α-hetero) is 1. The van der Waals surface area contributed by atoms with Gasteiger partial charge in [-0.3, -0.25) is 20.7 Å². The molecule has 8 nitrogen and oxygen atoms in total. The van der Waals surface area contributed by atoms with Crippen LogP contribution in [0.2, 0.25) is 0 Å². The van der Waals surface area contributed by atoms with Crippen LogP contribution in [0.25, 0.3) is 0 Å². The lowest BCUT2D eigenvalue weighted by molar-refractivity contribution is -0.141. The Hall–Kier alpha value is -2.89. The van der Waals surface area contributed by atoms with Crippen LogP contribution in [-0.2, 0) is 17.5 Å². The Morgan fingerprint density at radius 1 is 1.41 bits per heavy atom. The van der Waals surface area contributed by atoms with Crippen molar-refractivity contribution in [3.63, 3.8) is 0 Å². The molecular formula is C16H24F3N7O. The van der Waals surface area contributed by atoms with Gasteiger partial charge in [-0.25, -0.2) is 0 Å². The standard InChI is InChI=1S/C7H6F3N3.C7H10N2O.C2H8N2/c1-2-13-4-5(3-11)6(12-13)7(8,9)10;1-6(10)7(4-8)5-9(2)3;1-2-4-3/h4H,2H2,1H3;5H,1-3H3;4H,2-3H2,1H3/b;7-5-;. The topological polar surface area (TPSA) is 124 Å². The number of nitrogens with zero attached hydrogens (tertiary/aromatic N) is 5. The van der Waals surface area contributed by atoms with E-state index in [1.54, 1.807) is 32.0 Å². The van der Waals surface area contributed by atoms with Gasteiger partial charge < -0.3 is 4.90 Å². The van der Waals surface area contributed by atoms with Crippen molar-refractivity contribution in [3.8, 4) is 12.1 Å². The Labute approximate surface area is 156 Å². The maximum atomic E-state index is 12.2. The van der Waals surface area contributed by atoms with Gasteiger partial charge in [-0.1, -0.05) is 6.92 Å². The molecule has 0 fully saturated rings. The minimum atomic E-state index is -4.55. The fourth-order valence-electron chi connectivity index (χ4n) is 1.33. The molecule has 1 rings (SSSR count). The zero-order chi connectivity index (χ0) is 21.6. The second-order valence-corrected chi connectivity index (χ2v) is 5.09. The summed E-state index contributed by atoms with van der Waals surface area (Å²) in [7, 11) is 3.53. The summed E-state index contributed by atoms with van der Waals surface area (Å²) in [4.78, 5) is 12.3. The van der Waals surface area contributed by atoms with Gasteiger partial charge in [-0.05, 0) is 13.8 Å². The largest absolute Gasteiger partial charge is 0.436 e. The normalized spacial score (nSPS) is 10.4. The Morgan fingerprint density at radius 3 is 2.11 bits per heavy atom. The first-order chi connectivity index (χ1) is 12.5. The van der Waals surface area contributed by atoms with E-state index < -0.39 is 17.4 Å². The van der Waals surface area contributed by atoms with Gasteiger partial charge in [0.25, 0.3) is 0 Å². The molecule has 0 aromatic carbocycles. The molecule has 0 saturated carbocycles. The van der Waals surface area contributed by atoms with Gasteiger partial charge in [0.15, 0.2) is 11.5 Å². The molecule has 0 unspecified atom stereocenters. The average Bonchev–Trinajstić information content (AvgIpc) is 3.04. The molecule has 150 valence electrons. The van der Waals surface area contributed by atoms with Crippen LogP contribution >= 0.6 is 0 Å². The lowest BCUT2D eigenvalue weighted by Gasteiger charge is -2.03. The lowest BCUT2D eigenvalue weighted by Crippen LogP contribution is -2.20. The summed E-state index contributed by atoms with van der Waals surface area (Å²) in [6.07, 6.45) is -1.96. The maximum Gasteiger partial charge on any atom is 0.436 e. The number of aromatic nitrogens is 2. The Kier molecular flexibility index (Phi) is 13.0. The first-order valence-electron chi connectivity index (χ1n) is 7.75. The number of aryl methyl sites for hydroxylation is 1. The van der Waals surface area contributed by atoms with E-state index in [4.69, 9.17) is 16.4 Å². The fraction of sp³-hybridized carbons (Fsp3) is 0.500. The van der Waals surface area contributed by atoms with Crippen LogP contribution in [0.1, 0.15) is 32.0 Å². The summed E-state index contributed by atoms with van der Waals surface area (Å²) >= 11 is 0. The molecule has 0 aliphatic rings. The number of ketones is 1. The Bertz CT molecular complexity index is 692. The van der Waals surface area contributed by atoms with Gasteiger partial charge in [-0.2, -0.15) is 28.8 Å². The van der Waals surface area contributed by atoms with E-state index in [0.29, 0.717) is 6.54 Å². The molecule has 1 aromatic heterocycles. The fourth-order valence-corrected chi connectivity index (χ4v) is 1.33. The highest BCUT2D eigenvalue weighted by Gasteiger charge is 2.37. The number of nitriles is 2. The molecule has 1 aromatic rings. The predicted molar refractivity (Wildman–Crippen MR) is 93.5 cm³/mol. The lowest BCUT2D eigenvalue weighted by atomic mass is 10.2. The van der Waals surface area contributed by atoms with Gasteiger partial charge in [0.05, 0.1) is 0 Å². The van der Waals surface area contributed by atoms with Gasteiger partial charge in [0.1, 0.15) is 23.3 Å². The van der Waals surface area contributed by atoms with Crippen LogP contribution in [0, 0.1) is 22.7 Å². The van der Waals surface area contributed by atoms with Crippen molar-refractivity contribution in [2.24, 2.45) is 5.84 Å². The number of nitrogens with two attached hydrogens (primary N) is 1. The number of allylic oxidation sites excluding steroid dienone is 1. The SMILES string of the molecule is CC(=O)/C(C#N)=C\N(C)C.CCNN.CCn1cc(C#N)c(C(F)(F)F)n1. The summed E-state index contributed by atoms with van der Waals surface area (Å²) in [5, 5.41) is 20.0. The third-order valence-corrected chi connectivity index (χ3v) is 2.57. The van der Waals surface area contributed by atoms with Crippen LogP contribution in [0.4, 0.5) is 13.2 Å². The van der Waals surface area contributed by atoms with E-state index in [-0.39, 0.29) is 11.4 Å². The average molecular weight is 387 g/mol. The van der Waals surface area contributed by atoms with Crippen LogP contribution in [-0.4, -0.2) is 41.1 Å². The molecule has 27 heavy (non-hydrogen) atoms. The minimum Gasteiger partial charge on any atom is -0.382 e. The highest BCUT2D eigenvalue weighted by molar-refractivity contribution is 5.96. The van der Waals surface area contributed by atoms with Crippen LogP contribution in [0.3, 0.4) is 0 Å². The summed E-state index contributed by atoms with van der Waals surface area (Å²) in [5.74, 6) is 4.58. The second kappa shape index (κ2) is 13.3. The van der Waals surface area contributed by atoms with Crippen molar-refractivity contribution in [2.45, 2.75) is 33.5 Å². The molecule has 0 saturated heterocycles. The summed E-state index contributed by atoms with van der Waals surface area (Å²) in [6, 6.07) is 3.26. The zero-order valence-electron chi connectivity index (χ0n) is 15.9. The number of rotatable bonds is 4. The van der Waals surface area contributed by atoms with E-state index in [2.05, 4.69) is 10.5 Å². The van der Waals surface area contributed by atoms with E-state index in [9.17, 15) is 18.0 Å². The first kappa shape index (κ1) is 26.3. The monoisotopic (exact) mass is 387 g/mol. The molecule has 0 amide bonds. The number of alkyl halides is 3. The number of carbonyl (C=O) groups is 1. The summed E-state index contributed by atoms with van der Waals surface area (Å²) < 4.78 is 37.6. The number of carbonyl (C=O) groups excluding carboxylic acids is 1. The molecule has 3 N–H and O–H groups in total. The molecule has 11 heteroatoms. The van der Waals surface area contributed by atoms with Gasteiger partial charge in [0, 0.05) is 39.6 Å². The number of nitrogens with one attached hydrogen (secondary N) is 1. The molecule has 0 radical (unpaired) electrons. The number of hydrazine groups is 1. The van der Waals surface area contributed by atoms with Gasteiger partial charge in [-0.15, -0.1) is 0 Å². The quantitative estimate of drug-likeness (QED) is 0.349. The minimum absolute atomic E-state index is 0.185. The van der Waals surface area contributed by atoms with Crippen molar-refractivity contribution in [1.82, 2.24) is 20.1 Å². The summed E-state index contributed by atoms with van der Waals surface area (Å²) in [5.41, 5.74) is 1.07. The Balaban J connectivity index is 0. The Morgan fingerprint density at radius 2 is 1.93 bits per heavy atom. The van der Waals surface area contributed by atoms with E-state index in [1.165, 1.54) is 19.2 Å². The molecule has 1 heterocycles. The molecule has 0 aliphatic heterocycles. The smallest absolute Gasteiger partial charge is 0.382 e. The van der Waals surface area contributed by atoms with Crippen LogP contribution in [0.15, 0.2) is 18.0 Å². The predicted octanol–water partition coefficient (Wildman–Crippen LogP) is 1.81. The number of halogens is 3. The first-order valence-corrected chi connectivity index (χ1v) is 7.75. The van der Waals surface area contributed by atoms with E-state index >= 15 is 0 Å². The third-order valence-electron chi connectivity index (χ3n) is 2.57. The summed E-state index contributed by atoms with van der Waals surface area (Å²) in [6.45, 7) is 6.12. The molecular weight excluding hydrogens is 363 g/mol. The van der Waals surface area contributed by atoms with Crippen molar-refractivity contribution in [2.75, 3.05) is 20.6 Å². The van der Waals surface area contributed by atoms with Crippen molar-refractivity contribution in [1.29, 1.82) is 10.5 Å². The van der Waals surface area contributed by atoms with E-state index in [0.717, 1.165) is 17.4 Å². The van der Waals surface area contributed by atoms with Crippen molar-refractivity contribution in [3.05, 3.63) is 29.2 Å². The number of hydrogen-bond donors (Lipinski definition) is 2. The zero-order valence-corrected chi connectivity index (χ0v) is 15.9. The molecule has 0 aliphatic carbocycles. The van der Waals surface area contributed by atoms with Gasteiger partial charge in [0.2, 0.25) is 0 Å². The third kappa shape index (κ3) is 11.4. The molecule has 0 bridgehead atoms. The number of hydrogen-bond acceptors (Lipinski definition) is 7. The van der Waals surface area contributed by atoms with E-state index in [1.807, 2.05) is 6.92 Å². The highest BCUT2D eigenvalue weighted by Crippen LogP contribution is 2.30. The van der Waals surface area contributed by atoms with Crippen LogP contribution in [0.5, 0.6) is 0 Å². The van der Waals surface area contributed by atoms with Crippen molar-refractivity contribution < 1.29 is 18.0 Å². The van der Waals surface area contributed by atoms with Crippen molar-refractivity contribution >= 4 is 5.78 Å². The van der Waals surface area contributed by atoms with Crippen LogP contribution < -0.4 is 11.3 Å². The molecule has 0 spiro atoms.